The minimum atomic E-state index is 0.754. The van der Waals surface area contributed by atoms with Crippen LogP contribution in [0, 0.1) is 5.92 Å². The fraction of sp³-hybridized carbons (Fsp3) is 0.846. The molecule has 100 valence electrons. The molecule has 2 fully saturated rings. The van der Waals surface area contributed by atoms with Crippen molar-refractivity contribution >= 4 is 11.8 Å². The topological polar surface area (TPSA) is 51.0 Å². The van der Waals surface area contributed by atoms with Gasteiger partial charge in [0, 0.05) is 25.4 Å². The number of rotatable bonds is 6. The highest BCUT2D eigenvalue weighted by molar-refractivity contribution is 7.99. The summed E-state index contributed by atoms with van der Waals surface area (Å²) < 4.78 is 5.72. The Bertz CT molecular complexity index is 372. The van der Waals surface area contributed by atoms with Crippen molar-refractivity contribution < 1.29 is 4.42 Å². The molecule has 0 aromatic carbocycles. The molecule has 18 heavy (non-hydrogen) atoms. The second-order valence-electron chi connectivity index (χ2n) is 5.33. The molecule has 5 heteroatoms. The molecule has 1 saturated carbocycles. The highest BCUT2D eigenvalue weighted by atomic mass is 32.2. The maximum atomic E-state index is 5.72. The molecule has 2 heterocycles. The van der Waals surface area contributed by atoms with E-state index in [1.165, 1.54) is 37.2 Å². The van der Waals surface area contributed by atoms with Gasteiger partial charge < -0.3 is 9.73 Å². The summed E-state index contributed by atoms with van der Waals surface area (Å²) in [6.45, 7) is 0.965. The van der Waals surface area contributed by atoms with Gasteiger partial charge in [-0.15, -0.1) is 10.2 Å². The monoisotopic (exact) mass is 267 g/mol. The van der Waals surface area contributed by atoms with Gasteiger partial charge in [0.15, 0.2) is 0 Å². The molecule has 1 aromatic rings. The molecular weight excluding hydrogens is 246 g/mol. The number of aromatic nitrogens is 2. The van der Waals surface area contributed by atoms with Crippen molar-refractivity contribution in [3.8, 4) is 0 Å². The minimum Gasteiger partial charge on any atom is -0.425 e. The van der Waals surface area contributed by atoms with Crippen LogP contribution >= 0.6 is 11.8 Å². The number of nitrogens with zero attached hydrogens (tertiary/aromatic N) is 2. The van der Waals surface area contributed by atoms with E-state index in [-0.39, 0.29) is 0 Å². The maximum Gasteiger partial charge on any atom is 0.217 e. The van der Waals surface area contributed by atoms with E-state index in [9.17, 15) is 0 Å². The minimum absolute atomic E-state index is 0.754. The van der Waals surface area contributed by atoms with E-state index >= 15 is 0 Å². The van der Waals surface area contributed by atoms with Crippen LogP contribution in [0.5, 0.6) is 0 Å². The molecule has 0 atom stereocenters. The average molecular weight is 267 g/mol. The SMILES string of the molecule is C(Cc1nnc(CC2CCSCC2)o1)NC1CC1. The summed E-state index contributed by atoms with van der Waals surface area (Å²) in [7, 11) is 0. The van der Waals surface area contributed by atoms with Crippen molar-refractivity contribution in [2.24, 2.45) is 5.92 Å². The van der Waals surface area contributed by atoms with Gasteiger partial charge in [0.25, 0.3) is 0 Å². The first-order valence-corrected chi connectivity index (χ1v) is 8.18. The standard InChI is InChI=1S/C13H21N3OS/c1-2-11(1)14-6-3-12-15-16-13(17-12)9-10-4-7-18-8-5-10/h10-11,14H,1-9H2. The molecule has 2 aliphatic rings. The molecule has 0 spiro atoms. The molecule has 1 aromatic heterocycles. The second-order valence-corrected chi connectivity index (χ2v) is 6.55. The summed E-state index contributed by atoms with van der Waals surface area (Å²) in [4.78, 5) is 0. The van der Waals surface area contributed by atoms with E-state index in [1.54, 1.807) is 0 Å². The summed E-state index contributed by atoms with van der Waals surface area (Å²) in [5.41, 5.74) is 0. The number of hydrogen-bond donors (Lipinski definition) is 1. The molecule has 0 unspecified atom stereocenters. The molecule has 1 N–H and O–H groups in total. The van der Waals surface area contributed by atoms with Gasteiger partial charge in [-0.25, -0.2) is 0 Å². The van der Waals surface area contributed by atoms with E-state index in [0.29, 0.717) is 0 Å². The van der Waals surface area contributed by atoms with Crippen molar-refractivity contribution in [3.63, 3.8) is 0 Å². The quantitative estimate of drug-likeness (QED) is 0.855. The van der Waals surface area contributed by atoms with Crippen LogP contribution in [0.15, 0.2) is 4.42 Å². The molecule has 1 aliphatic heterocycles. The van der Waals surface area contributed by atoms with Crippen LogP contribution in [-0.2, 0) is 12.8 Å². The second kappa shape index (κ2) is 6.06. The number of hydrogen-bond acceptors (Lipinski definition) is 5. The van der Waals surface area contributed by atoms with Crippen LogP contribution in [-0.4, -0.2) is 34.3 Å². The van der Waals surface area contributed by atoms with E-state index in [2.05, 4.69) is 27.3 Å². The Morgan fingerprint density at radius 1 is 1.11 bits per heavy atom. The van der Waals surface area contributed by atoms with Crippen LogP contribution in [0.3, 0.4) is 0 Å². The number of nitrogens with one attached hydrogen (secondary N) is 1. The highest BCUT2D eigenvalue weighted by Crippen LogP contribution is 2.25. The molecule has 0 bridgehead atoms. The van der Waals surface area contributed by atoms with Crippen LogP contribution < -0.4 is 5.32 Å². The molecule has 0 radical (unpaired) electrons. The Kier molecular flexibility index (Phi) is 4.20. The van der Waals surface area contributed by atoms with Gasteiger partial charge in [0.2, 0.25) is 11.8 Å². The van der Waals surface area contributed by atoms with Crippen molar-refractivity contribution in [3.05, 3.63) is 11.8 Å². The molecule has 0 amide bonds. The third-order valence-corrected chi connectivity index (χ3v) is 4.71. The van der Waals surface area contributed by atoms with Crippen LogP contribution in [0.4, 0.5) is 0 Å². The Balaban J connectivity index is 1.42. The fourth-order valence-corrected chi connectivity index (χ4v) is 3.54. The van der Waals surface area contributed by atoms with E-state index in [4.69, 9.17) is 4.42 Å². The van der Waals surface area contributed by atoms with E-state index < -0.39 is 0 Å². The van der Waals surface area contributed by atoms with E-state index in [0.717, 1.165) is 43.1 Å². The normalized spacial score (nSPS) is 21.3. The molecule has 4 nitrogen and oxygen atoms in total. The maximum absolute atomic E-state index is 5.72. The van der Waals surface area contributed by atoms with Crippen LogP contribution in [0.2, 0.25) is 0 Å². The van der Waals surface area contributed by atoms with Crippen molar-refractivity contribution in [1.29, 1.82) is 0 Å². The lowest BCUT2D eigenvalue weighted by molar-refractivity contribution is 0.389. The largest absolute Gasteiger partial charge is 0.425 e. The third-order valence-electron chi connectivity index (χ3n) is 3.66. The zero-order valence-electron chi connectivity index (χ0n) is 10.7. The number of thioether (sulfide) groups is 1. The third kappa shape index (κ3) is 3.72. The van der Waals surface area contributed by atoms with Gasteiger partial charge in [0.1, 0.15) is 0 Å². The predicted molar refractivity (Wildman–Crippen MR) is 72.8 cm³/mol. The Morgan fingerprint density at radius 2 is 1.89 bits per heavy atom. The first-order valence-electron chi connectivity index (χ1n) is 7.02. The zero-order chi connectivity index (χ0) is 12.2. The van der Waals surface area contributed by atoms with Gasteiger partial charge in [0.05, 0.1) is 0 Å². The summed E-state index contributed by atoms with van der Waals surface area (Å²) in [5, 5.41) is 11.8. The molecule has 3 rings (SSSR count). The van der Waals surface area contributed by atoms with Crippen LogP contribution in [0.25, 0.3) is 0 Å². The Labute approximate surface area is 112 Å². The Morgan fingerprint density at radius 3 is 2.67 bits per heavy atom. The zero-order valence-corrected chi connectivity index (χ0v) is 11.5. The lowest BCUT2D eigenvalue weighted by Gasteiger charge is -2.19. The predicted octanol–water partition coefficient (Wildman–Crippen LogP) is 2.05. The fourth-order valence-electron chi connectivity index (χ4n) is 2.34. The molecule has 1 aliphatic carbocycles. The van der Waals surface area contributed by atoms with Crippen molar-refractivity contribution in [1.82, 2.24) is 15.5 Å². The summed E-state index contributed by atoms with van der Waals surface area (Å²) in [5.74, 6) is 4.97. The highest BCUT2D eigenvalue weighted by Gasteiger charge is 2.20. The van der Waals surface area contributed by atoms with Gasteiger partial charge >= 0.3 is 0 Å². The van der Waals surface area contributed by atoms with Gasteiger partial charge in [-0.2, -0.15) is 11.8 Å². The first-order chi connectivity index (χ1) is 8.90. The van der Waals surface area contributed by atoms with Gasteiger partial charge in [-0.05, 0) is 43.1 Å². The average Bonchev–Trinajstić information content (AvgIpc) is 3.11. The Hall–Kier alpha value is -0.550. The van der Waals surface area contributed by atoms with Gasteiger partial charge in [-0.3, -0.25) is 0 Å². The van der Waals surface area contributed by atoms with E-state index in [1.807, 2.05) is 0 Å². The van der Waals surface area contributed by atoms with Crippen molar-refractivity contribution in [2.75, 3.05) is 18.1 Å². The summed E-state index contributed by atoms with van der Waals surface area (Å²) in [6.07, 6.45) is 7.09. The first kappa shape index (κ1) is 12.5. The summed E-state index contributed by atoms with van der Waals surface area (Å²) >= 11 is 2.06. The molecule has 1 saturated heterocycles. The van der Waals surface area contributed by atoms with Gasteiger partial charge in [-0.1, -0.05) is 0 Å². The smallest absolute Gasteiger partial charge is 0.217 e. The lowest BCUT2D eigenvalue weighted by Crippen LogP contribution is -2.19. The molecular formula is C13H21N3OS. The lowest BCUT2D eigenvalue weighted by atomic mass is 9.99. The summed E-state index contributed by atoms with van der Waals surface area (Å²) in [6, 6.07) is 0.757. The van der Waals surface area contributed by atoms with Crippen molar-refractivity contribution in [2.45, 2.75) is 44.6 Å². The van der Waals surface area contributed by atoms with Crippen LogP contribution in [0.1, 0.15) is 37.5 Å².